The van der Waals surface area contributed by atoms with E-state index >= 15 is 0 Å². The topological polar surface area (TPSA) is 60.2 Å². The molecule has 2 aromatic heterocycles. The molecule has 0 spiro atoms. The van der Waals surface area contributed by atoms with E-state index in [9.17, 15) is 4.39 Å². The SMILES string of the molecule is Cc1onc(-c2c(F)cccc2Cl)c1-c1csc(C2COCCN2)n1. The molecule has 1 saturated heterocycles. The van der Waals surface area contributed by atoms with Crippen LogP contribution in [-0.4, -0.2) is 29.9 Å². The lowest BCUT2D eigenvalue weighted by Crippen LogP contribution is -2.34. The summed E-state index contributed by atoms with van der Waals surface area (Å²) in [7, 11) is 0. The second-order valence-corrected chi connectivity index (χ2v) is 7.01. The molecule has 0 amide bonds. The molecule has 5 nitrogen and oxygen atoms in total. The lowest BCUT2D eigenvalue weighted by molar-refractivity contribution is 0.0768. The van der Waals surface area contributed by atoms with Crippen molar-refractivity contribution < 1.29 is 13.7 Å². The summed E-state index contributed by atoms with van der Waals surface area (Å²) in [4.78, 5) is 4.69. The number of hydrogen-bond acceptors (Lipinski definition) is 6. The van der Waals surface area contributed by atoms with Crippen LogP contribution >= 0.6 is 22.9 Å². The Bertz CT molecular complexity index is 885. The summed E-state index contributed by atoms with van der Waals surface area (Å²) in [6, 6.07) is 4.60. The van der Waals surface area contributed by atoms with Gasteiger partial charge in [0, 0.05) is 11.9 Å². The van der Waals surface area contributed by atoms with Crippen LogP contribution < -0.4 is 5.32 Å². The number of nitrogens with zero attached hydrogens (tertiary/aromatic N) is 2. The zero-order valence-electron chi connectivity index (χ0n) is 13.4. The first-order valence-corrected chi connectivity index (χ1v) is 9.08. The van der Waals surface area contributed by atoms with Gasteiger partial charge in [0.05, 0.1) is 41.1 Å². The lowest BCUT2D eigenvalue weighted by Gasteiger charge is -2.21. The number of rotatable bonds is 3. The van der Waals surface area contributed by atoms with Gasteiger partial charge in [-0.1, -0.05) is 22.8 Å². The van der Waals surface area contributed by atoms with Crippen molar-refractivity contribution in [2.45, 2.75) is 13.0 Å². The van der Waals surface area contributed by atoms with Crippen molar-refractivity contribution in [3.8, 4) is 22.5 Å². The van der Waals surface area contributed by atoms with Crippen LogP contribution in [0.3, 0.4) is 0 Å². The van der Waals surface area contributed by atoms with E-state index in [1.54, 1.807) is 19.1 Å². The first-order valence-electron chi connectivity index (χ1n) is 7.82. The molecule has 3 aromatic rings. The summed E-state index contributed by atoms with van der Waals surface area (Å²) < 4.78 is 25.1. The predicted molar refractivity (Wildman–Crippen MR) is 94.3 cm³/mol. The van der Waals surface area contributed by atoms with Crippen molar-refractivity contribution in [2.75, 3.05) is 19.8 Å². The molecule has 1 unspecified atom stereocenters. The number of halogens is 2. The molecule has 0 saturated carbocycles. The zero-order valence-corrected chi connectivity index (χ0v) is 15.0. The third-order valence-electron chi connectivity index (χ3n) is 4.06. The molecular weight excluding hydrogens is 365 g/mol. The van der Waals surface area contributed by atoms with Crippen LogP contribution in [0, 0.1) is 12.7 Å². The van der Waals surface area contributed by atoms with Gasteiger partial charge in [-0.25, -0.2) is 9.37 Å². The van der Waals surface area contributed by atoms with Gasteiger partial charge in [0.1, 0.15) is 22.3 Å². The van der Waals surface area contributed by atoms with E-state index < -0.39 is 5.82 Å². The monoisotopic (exact) mass is 379 g/mol. The Balaban J connectivity index is 1.77. The fourth-order valence-corrected chi connectivity index (χ4v) is 3.98. The van der Waals surface area contributed by atoms with Gasteiger partial charge in [0.2, 0.25) is 0 Å². The number of aromatic nitrogens is 2. The molecule has 1 fully saturated rings. The normalized spacial score (nSPS) is 17.8. The first-order chi connectivity index (χ1) is 12.1. The maximum Gasteiger partial charge on any atom is 0.143 e. The van der Waals surface area contributed by atoms with Crippen LogP contribution in [0.25, 0.3) is 22.5 Å². The summed E-state index contributed by atoms with van der Waals surface area (Å²) in [5.74, 6) is 0.124. The van der Waals surface area contributed by atoms with Gasteiger partial charge in [-0.2, -0.15) is 0 Å². The molecule has 1 aliphatic heterocycles. The summed E-state index contributed by atoms with van der Waals surface area (Å²) in [5.41, 5.74) is 1.95. The number of thiazole rings is 1. The number of ether oxygens (including phenoxy) is 1. The van der Waals surface area contributed by atoms with Crippen LogP contribution in [0.2, 0.25) is 5.02 Å². The van der Waals surface area contributed by atoms with Crippen molar-refractivity contribution >= 4 is 22.9 Å². The molecule has 25 heavy (non-hydrogen) atoms. The molecule has 0 radical (unpaired) electrons. The summed E-state index contributed by atoms with van der Waals surface area (Å²) in [6.07, 6.45) is 0. The van der Waals surface area contributed by atoms with Gasteiger partial charge in [-0.3, -0.25) is 0 Å². The Morgan fingerprint density at radius 1 is 1.36 bits per heavy atom. The highest BCUT2D eigenvalue weighted by atomic mass is 35.5. The van der Waals surface area contributed by atoms with E-state index in [0.29, 0.717) is 35.9 Å². The Kier molecular flexibility index (Phi) is 4.56. The second kappa shape index (κ2) is 6.84. The minimum Gasteiger partial charge on any atom is -0.378 e. The standard InChI is InChI=1S/C17H15ClFN3O2S/c1-9-14(13-8-25-17(21-13)12-7-23-6-5-20-12)16(22-24-9)15-10(18)3-2-4-11(15)19/h2-4,8,12,20H,5-7H2,1H3. The van der Waals surface area contributed by atoms with E-state index in [1.165, 1.54) is 17.4 Å². The van der Waals surface area contributed by atoms with Crippen LogP contribution in [-0.2, 0) is 4.74 Å². The largest absolute Gasteiger partial charge is 0.378 e. The highest BCUT2D eigenvalue weighted by molar-refractivity contribution is 7.10. The predicted octanol–water partition coefficient (Wildman–Crippen LogP) is 4.23. The molecule has 130 valence electrons. The molecule has 1 aromatic carbocycles. The van der Waals surface area contributed by atoms with Gasteiger partial charge in [0.15, 0.2) is 0 Å². The molecular formula is C17H15ClFN3O2S. The molecule has 8 heteroatoms. The maximum absolute atomic E-state index is 14.3. The van der Waals surface area contributed by atoms with Crippen LogP contribution in [0.1, 0.15) is 16.8 Å². The molecule has 4 rings (SSSR count). The molecule has 1 atom stereocenters. The summed E-state index contributed by atoms with van der Waals surface area (Å²) in [5, 5.41) is 10.5. The third kappa shape index (κ3) is 3.08. The Morgan fingerprint density at radius 2 is 2.24 bits per heavy atom. The van der Waals surface area contributed by atoms with Crippen LogP contribution in [0.5, 0.6) is 0 Å². The van der Waals surface area contributed by atoms with Gasteiger partial charge in [0.25, 0.3) is 0 Å². The average molecular weight is 380 g/mol. The van der Waals surface area contributed by atoms with Crippen molar-refractivity contribution in [3.63, 3.8) is 0 Å². The van der Waals surface area contributed by atoms with E-state index in [-0.39, 0.29) is 16.6 Å². The quantitative estimate of drug-likeness (QED) is 0.738. The van der Waals surface area contributed by atoms with E-state index in [2.05, 4.69) is 10.5 Å². The van der Waals surface area contributed by atoms with E-state index in [1.807, 2.05) is 5.38 Å². The van der Waals surface area contributed by atoms with Crippen molar-refractivity contribution in [1.82, 2.24) is 15.5 Å². The fraction of sp³-hybridized carbons (Fsp3) is 0.294. The van der Waals surface area contributed by atoms with Gasteiger partial charge in [-0.05, 0) is 19.1 Å². The van der Waals surface area contributed by atoms with Crippen molar-refractivity contribution in [1.29, 1.82) is 0 Å². The minimum absolute atomic E-state index is 0.0631. The second-order valence-electron chi connectivity index (χ2n) is 5.71. The average Bonchev–Trinajstić information content (AvgIpc) is 3.23. The van der Waals surface area contributed by atoms with Crippen LogP contribution in [0.15, 0.2) is 28.1 Å². The Hall–Kier alpha value is -1.80. The number of morpholine rings is 1. The Morgan fingerprint density at radius 3 is 3.00 bits per heavy atom. The third-order valence-corrected chi connectivity index (χ3v) is 5.33. The van der Waals surface area contributed by atoms with Crippen molar-refractivity contribution in [3.05, 3.63) is 45.2 Å². The zero-order chi connectivity index (χ0) is 17.4. The first kappa shape index (κ1) is 16.7. The maximum atomic E-state index is 14.3. The molecule has 0 aliphatic carbocycles. The highest BCUT2D eigenvalue weighted by Crippen LogP contribution is 2.39. The molecule has 1 N–H and O–H groups in total. The number of aryl methyl sites for hydroxylation is 1. The van der Waals surface area contributed by atoms with Crippen LogP contribution in [0.4, 0.5) is 4.39 Å². The van der Waals surface area contributed by atoms with Crippen molar-refractivity contribution in [2.24, 2.45) is 0 Å². The van der Waals surface area contributed by atoms with E-state index in [0.717, 1.165) is 11.6 Å². The molecule has 3 heterocycles. The minimum atomic E-state index is -0.445. The number of nitrogens with one attached hydrogen (secondary N) is 1. The molecule has 0 bridgehead atoms. The lowest BCUT2D eigenvalue weighted by atomic mass is 10.0. The smallest absolute Gasteiger partial charge is 0.143 e. The van der Waals surface area contributed by atoms with Gasteiger partial charge < -0.3 is 14.6 Å². The summed E-state index contributed by atoms with van der Waals surface area (Å²) in [6.45, 7) is 3.86. The fourth-order valence-electron chi connectivity index (χ4n) is 2.86. The molecule has 1 aliphatic rings. The highest BCUT2D eigenvalue weighted by Gasteiger charge is 2.25. The van der Waals surface area contributed by atoms with Gasteiger partial charge in [-0.15, -0.1) is 11.3 Å². The van der Waals surface area contributed by atoms with Gasteiger partial charge >= 0.3 is 0 Å². The van der Waals surface area contributed by atoms with E-state index in [4.69, 9.17) is 25.8 Å². The number of benzene rings is 1. The Labute approximate surface area is 152 Å². The number of hydrogen-bond donors (Lipinski definition) is 1. The summed E-state index contributed by atoms with van der Waals surface area (Å²) >= 11 is 7.72.